The molecule has 2 aromatic carbocycles. The number of nitrogens with one attached hydrogen (secondary N) is 1. The number of Topliss-reactive ketones (excluding diaryl/α,β-unsaturated/α-hetero) is 1. The molecule has 0 aliphatic carbocycles. The fourth-order valence-corrected chi connectivity index (χ4v) is 5.97. The summed E-state index contributed by atoms with van der Waals surface area (Å²) in [4.78, 5) is 30.0. The molecule has 3 aliphatic heterocycles. The number of nitrogens with zero attached hydrogens (tertiary/aromatic N) is 1. The Kier molecular flexibility index (Phi) is 9.69. The van der Waals surface area contributed by atoms with Gasteiger partial charge in [0, 0.05) is 12.0 Å². The number of carbonyl (C=O) groups is 2. The average Bonchev–Trinajstić information content (AvgIpc) is 3.50. The Labute approximate surface area is 248 Å². The van der Waals surface area contributed by atoms with Gasteiger partial charge in [0.2, 0.25) is 5.78 Å². The van der Waals surface area contributed by atoms with E-state index in [0.29, 0.717) is 68.6 Å². The van der Waals surface area contributed by atoms with E-state index in [2.05, 4.69) is 6.92 Å². The van der Waals surface area contributed by atoms with Crippen molar-refractivity contribution >= 4 is 17.4 Å². The third-order valence-electron chi connectivity index (χ3n) is 8.18. The lowest BCUT2D eigenvalue weighted by Gasteiger charge is -2.30. The molecular formula is C33H42N2O7. The van der Waals surface area contributed by atoms with Gasteiger partial charge in [0.1, 0.15) is 24.9 Å². The van der Waals surface area contributed by atoms with E-state index in [4.69, 9.17) is 18.9 Å². The Balaban J connectivity index is 1.53. The van der Waals surface area contributed by atoms with Crippen LogP contribution < -0.4 is 24.2 Å². The van der Waals surface area contributed by atoms with Crippen LogP contribution in [-0.4, -0.2) is 75.3 Å². The van der Waals surface area contributed by atoms with E-state index in [-0.39, 0.29) is 11.7 Å². The van der Waals surface area contributed by atoms with E-state index in [1.54, 1.807) is 23.1 Å². The first kappa shape index (κ1) is 29.9. The van der Waals surface area contributed by atoms with Crippen LogP contribution in [0.4, 0.5) is 0 Å². The highest BCUT2D eigenvalue weighted by Crippen LogP contribution is 2.42. The number of rotatable bonds is 12. The van der Waals surface area contributed by atoms with Crippen molar-refractivity contribution in [3.8, 4) is 17.2 Å². The first-order valence-corrected chi connectivity index (χ1v) is 15.3. The molecule has 0 bridgehead atoms. The second kappa shape index (κ2) is 13.6. The fraction of sp³-hybridized carbons (Fsp3) is 0.515. The summed E-state index contributed by atoms with van der Waals surface area (Å²) in [6, 6.07) is 9.91. The van der Waals surface area contributed by atoms with Crippen molar-refractivity contribution in [3.05, 3.63) is 58.7 Å². The van der Waals surface area contributed by atoms with Gasteiger partial charge in [0.25, 0.3) is 5.91 Å². The molecule has 0 spiro atoms. The quantitative estimate of drug-likeness (QED) is 0.178. The van der Waals surface area contributed by atoms with E-state index >= 15 is 0 Å². The lowest BCUT2D eigenvalue weighted by Crippen LogP contribution is -3.14. The maximum absolute atomic E-state index is 14.0. The lowest BCUT2D eigenvalue weighted by atomic mass is 9.94. The standard InChI is InChI=1S/C33H42N2O7/c1-4-6-7-16-41-27-11-8-23(21-28(27)40-5-2)30-29(31(36)24-9-10-26-25(20-24)19-22(3)42-26)32(37)33(38)35(30)13-12-34-14-17-39-18-15-34/h8-11,20-22,30,36H,4-7,12-19H2,1-3H3. The highest BCUT2D eigenvalue weighted by molar-refractivity contribution is 6.46. The van der Waals surface area contributed by atoms with E-state index < -0.39 is 23.5 Å². The Morgan fingerprint density at radius 3 is 2.62 bits per heavy atom. The van der Waals surface area contributed by atoms with Crippen LogP contribution in [0.25, 0.3) is 5.76 Å². The molecule has 1 N–H and O–H groups in total. The number of ether oxygens (including phenoxy) is 4. The third-order valence-corrected chi connectivity index (χ3v) is 8.18. The van der Waals surface area contributed by atoms with Crippen molar-refractivity contribution in [2.45, 2.75) is 58.6 Å². The van der Waals surface area contributed by atoms with E-state index in [1.165, 1.54) is 4.90 Å². The molecule has 2 atom stereocenters. The van der Waals surface area contributed by atoms with Crippen LogP contribution in [0.1, 0.15) is 62.8 Å². The Bertz CT molecular complexity index is 1320. The second-order valence-electron chi connectivity index (χ2n) is 11.2. The zero-order valence-corrected chi connectivity index (χ0v) is 24.9. The Morgan fingerprint density at radius 1 is 1.05 bits per heavy atom. The summed E-state index contributed by atoms with van der Waals surface area (Å²) in [6.07, 6.45) is 3.81. The molecule has 9 heteroatoms. The number of likely N-dealkylation sites (tertiary alicyclic amines) is 1. The summed E-state index contributed by atoms with van der Waals surface area (Å²) in [5, 5.41) is 14.0. The molecular weight excluding hydrogens is 536 g/mol. The number of unbranched alkanes of at least 4 members (excludes halogenated alkanes) is 2. The normalized spacial score (nSPS) is 21.8. The third kappa shape index (κ3) is 6.42. The largest absolute Gasteiger partial charge is 0.872 e. The van der Waals surface area contributed by atoms with Crippen LogP contribution in [0.15, 0.2) is 42.0 Å². The van der Waals surface area contributed by atoms with Gasteiger partial charge in [-0.3, -0.25) is 9.59 Å². The molecule has 0 saturated carbocycles. The van der Waals surface area contributed by atoms with Gasteiger partial charge in [0.05, 0.1) is 45.6 Å². The van der Waals surface area contributed by atoms with Gasteiger partial charge in [0.15, 0.2) is 11.5 Å². The molecule has 5 rings (SSSR count). The fourth-order valence-electron chi connectivity index (χ4n) is 5.97. The van der Waals surface area contributed by atoms with Gasteiger partial charge in [-0.25, -0.2) is 0 Å². The Morgan fingerprint density at radius 2 is 1.86 bits per heavy atom. The maximum atomic E-state index is 14.0. The van der Waals surface area contributed by atoms with Gasteiger partial charge in [-0.1, -0.05) is 37.7 Å². The summed E-state index contributed by atoms with van der Waals surface area (Å²) in [5.74, 6) is 0.0712. The monoisotopic (exact) mass is 578 g/mol. The summed E-state index contributed by atoms with van der Waals surface area (Å²) >= 11 is 0. The minimum atomic E-state index is -0.824. The first-order valence-electron chi connectivity index (χ1n) is 15.3. The molecule has 0 radical (unpaired) electrons. The van der Waals surface area contributed by atoms with Crippen LogP contribution in [0.5, 0.6) is 17.2 Å². The molecule has 226 valence electrons. The molecule has 2 fully saturated rings. The molecule has 2 saturated heterocycles. The number of fused-ring (bicyclic) bond motifs is 1. The number of hydrogen-bond acceptors (Lipinski definition) is 7. The number of quaternary nitrogens is 1. The lowest BCUT2D eigenvalue weighted by molar-refractivity contribution is -0.907. The van der Waals surface area contributed by atoms with E-state index in [0.717, 1.165) is 43.7 Å². The van der Waals surface area contributed by atoms with Crippen molar-refractivity contribution in [1.29, 1.82) is 0 Å². The first-order chi connectivity index (χ1) is 20.4. The van der Waals surface area contributed by atoms with Crippen molar-refractivity contribution in [3.63, 3.8) is 0 Å². The smallest absolute Gasteiger partial charge is 0.295 e. The maximum Gasteiger partial charge on any atom is 0.295 e. The summed E-state index contributed by atoms with van der Waals surface area (Å²) in [5.41, 5.74) is 1.94. The zero-order valence-electron chi connectivity index (χ0n) is 24.9. The van der Waals surface area contributed by atoms with Crippen LogP contribution in [0, 0.1) is 0 Å². The molecule has 42 heavy (non-hydrogen) atoms. The van der Waals surface area contributed by atoms with Crippen LogP contribution in [0.2, 0.25) is 0 Å². The summed E-state index contributed by atoms with van der Waals surface area (Å²) in [6.45, 7) is 11.0. The minimum Gasteiger partial charge on any atom is -0.872 e. The molecule has 9 nitrogen and oxygen atoms in total. The summed E-state index contributed by atoms with van der Waals surface area (Å²) < 4.78 is 23.3. The van der Waals surface area contributed by atoms with Crippen molar-refractivity contribution < 1.29 is 38.5 Å². The molecule has 2 aromatic rings. The number of benzene rings is 2. The molecule has 0 aromatic heterocycles. The molecule has 3 aliphatic rings. The number of carbonyl (C=O) groups excluding carboxylic acids is 2. The zero-order chi connectivity index (χ0) is 29.6. The minimum absolute atomic E-state index is 0.0250. The van der Waals surface area contributed by atoms with E-state index in [1.807, 2.05) is 32.0 Å². The second-order valence-corrected chi connectivity index (χ2v) is 11.2. The average molecular weight is 579 g/mol. The van der Waals surface area contributed by atoms with Crippen LogP contribution in [-0.2, 0) is 20.7 Å². The van der Waals surface area contributed by atoms with Crippen molar-refractivity contribution in [2.75, 3.05) is 52.6 Å². The van der Waals surface area contributed by atoms with Gasteiger partial charge in [-0.05, 0) is 61.2 Å². The van der Waals surface area contributed by atoms with Gasteiger partial charge >= 0.3 is 0 Å². The molecule has 2 unspecified atom stereocenters. The predicted molar refractivity (Wildman–Crippen MR) is 156 cm³/mol. The predicted octanol–water partition coefficient (Wildman–Crippen LogP) is 2.12. The highest BCUT2D eigenvalue weighted by atomic mass is 16.5. The number of morpholine rings is 1. The number of amides is 1. The number of ketones is 1. The summed E-state index contributed by atoms with van der Waals surface area (Å²) in [7, 11) is 0. The van der Waals surface area contributed by atoms with Gasteiger partial charge < -0.3 is 33.9 Å². The van der Waals surface area contributed by atoms with Gasteiger partial charge in [-0.15, -0.1) is 0 Å². The molecule has 3 heterocycles. The van der Waals surface area contributed by atoms with Crippen LogP contribution in [0.3, 0.4) is 0 Å². The Hall–Kier alpha value is -3.56. The molecule has 1 amide bonds. The van der Waals surface area contributed by atoms with E-state index in [9.17, 15) is 14.7 Å². The number of hydrogen-bond donors (Lipinski definition) is 1. The van der Waals surface area contributed by atoms with Crippen molar-refractivity contribution in [1.82, 2.24) is 4.90 Å². The highest BCUT2D eigenvalue weighted by Gasteiger charge is 2.45. The van der Waals surface area contributed by atoms with Gasteiger partial charge in [-0.2, -0.15) is 0 Å². The topological polar surface area (TPSA) is 102 Å². The SMILES string of the molecule is CCCCCOc1ccc(C2C(=C([O-])c3ccc4c(c3)CC(C)O4)C(=O)C(=O)N2CC[NH+]2CCOCC2)cc1OCC. The van der Waals surface area contributed by atoms with Crippen LogP contribution >= 0.6 is 0 Å². The van der Waals surface area contributed by atoms with Crippen molar-refractivity contribution in [2.24, 2.45) is 0 Å².